The summed E-state index contributed by atoms with van der Waals surface area (Å²) < 4.78 is 5.51. The minimum absolute atomic E-state index is 0.121. The predicted molar refractivity (Wildman–Crippen MR) is 74.9 cm³/mol. The summed E-state index contributed by atoms with van der Waals surface area (Å²) in [5.74, 6) is -1.15. The summed E-state index contributed by atoms with van der Waals surface area (Å²) in [7, 11) is 0. The number of fused-ring (bicyclic) bond motifs is 1. The van der Waals surface area contributed by atoms with Gasteiger partial charge in [0.25, 0.3) is 5.91 Å². The van der Waals surface area contributed by atoms with Gasteiger partial charge in [-0.2, -0.15) is 0 Å². The van der Waals surface area contributed by atoms with Crippen molar-refractivity contribution in [3.63, 3.8) is 0 Å². The minimum atomic E-state index is -0.950. The summed E-state index contributed by atoms with van der Waals surface area (Å²) in [5.41, 5.74) is 2.88. The average Bonchev–Trinajstić information content (AvgIpc) is 2.71. The Morgan fingerprint density at radius 3 is 2.55 bits per heavy atom. The molecule has 1 aromatic carbocycles. The zero-order chi connectivity index (χ0) is 14.9. The summed E-state index contributed by atoms with van der Waals surface area (Å²) in [6.45, 7) is 5.62. The maximum atomic E-state index is 12.0. The zero-order valence-corrected chi connectivity index (χ0v) is 11.7. The van der Waals surface area contributed by atoms with Gasteiger partial charge in [0.15, 0.2) is 5.76 Å². The number of carboxylic acid groups (broad SMARTS) is 1. The Hall–Kier alpha value is -2.30. The SMILES string of the molecule is Cc1cc2cc(C(=O)NC(C)CC(=O)O)oc2cc1C. The molecule has 5 heteroatoms. The number of benzene rings is 1. The number of rotatable bonds is 4. The Morgan fingerprint density at radius 2 is 1.90 bits per heavy atom. The second-order valence-electron chi connectivity index (χ2n) is 5.06. The topological polar surface area (TPSA) is 79.5 Å². The summed E-state index contributed by atoms with van der Waals surface area (Å²) in [6.07, 6.45) is -0.121. The molecule has 0 aliphatic rings. The van der Waals surface area contributed by atoms with E-state index in [-0.39, 0.29) is 12.2 Å². The minimum Gasteiger partial charge on any atom is -0.481 e. The maximum absolute atomic E-state index is 12.0. The van der Waals surface area contributed by atoms with Crippen LogP contribution in [0, 0.1) is 13.8 Å². The van der Waals surface area contributed by atoms with Crippen LogP contribution < -0.4 is 5.32 Å². The van der Waals surface area contributed by atoms with Gasteiger partial charge in [-0.3, -0.25) is 9.59 Å². The van der Waals surface area contributed by atoms with Crippen LogP contribution in [0.25, 0.3) is 11.0 Å². The van der Waals surface area contributed by atoms with Gasteiger partial charge in [-0.05, 0) is 50.1 Å². The van der Waals surface area contributed by atoms with Crippen LogP contribution in [0.3, 0.4) is 0 Å². The Bertz CT molecular complexity index is 633. The first kappa shape index (κ1) is 14.1. The van der Waals surface area contributed by atoms with Crippen LogP contribution in [-0.4, -0.2) is 23.0 Å². The first-order valence-corrected chi connectivity index (χ1v) is 6.40. The van der Waals surface area contributed by atoms with E-state index in [0.717, 1.165) is 16.5 Å². The smallest absolute Gasteiger partial charge is 0.305 e. The molecule has 5 nitrogen and oxygen atoms in total. The highest BCUT2D eigenvalue weighted by Crippen LogP contribution is 2.23. The fourth-order valence-corrected chi connectivity index (χ4v) is 2.02. The van der Waals surface area contributed by atoms with E-state index in [1.165, 1.54) is 0 Å². The second-order valence-corrected chi connectivity index (χ2v) is 5.06. The maximum Gasteiger partial charge on any atom is 0.305 e. The van der Waals surface area contributed by atoms with Crippen molar-refractivity contribution in [2.24, 2.45) is 0 Å². The van der Waals surface area contributed by atoms with Crippen molar-refractivity contribution < 1.29 is 19.1 Å². The molecule has 1 atom stereocenters. The Kier molecular flexibility index (Phi) is 3.79. The Balaban J connectivity index is 2.20. The molecule has 0 aliphatic heterocycles. The first-order chi connectivity index (χ1) is 9.36. The number of nitrogens with one attached hydrogen (secondary N) is 1. The van der Waals surface area contributed by atoms with Crippen LogP contribution in [0.2, 0.25) is 0 Å². The van der Waals surface area contributed by atoms with Crippen molar-refractivity contribution in [2.45, 2.75) is 33.2 Å². The van der Waals surface area contributed by atoms with Crippen molar-refractivity contribution in [2.75, 3.05) is 0 Å². The number of hydrogen-bond acceptors (Lipinski definition) is 3. The van der Waals surface area contributed by atoms with Crippen LogP contribution in [0.4, 0.5) is 0 Å². The molecular formula is C15H17NO4. The van der Waals surface area contributed by atoms with E-state index in [2.05, 4.69) is 5.32 Å². The van der Waals surface area contributed by atoms with Gasteiger partial charge in [0.05, 0.1) is 6.42 Å². The third-order valence-electron chi connectivity index (χ3n) is 3.21. The molecule has 0 bridgehead atoms. The summed E-state index contributed by atoms with van der Waals surface area (Å²) in [6, 6.07) is 5.08. The van der Waals surface area contributed by atoms with E-state index < -0.39 is 17.9 Å². The highest BCUT2D eigenvalue weighted by molar-refractivity contribution is 5.96. The number of amides is 1. The number of aliphatic carboxylic acids is 1. The molecule has 1 heterocycles. The lowest BCUT2D eigenvalue weighted by molar-refractivity contribution is -0.137. The molecule has 0 saturated carbocycles. The molecule has 0 radical (unpaired) electrons. The van der Waals surface area contributed by atoms with Gasteiger partial charge in [0.2, 0.25) is 0 Å². The lowest BCUT2D eigenvalue weighted by atomic mass is 10.1. The van der Waals surface area contributed by atoms with E-state index >= 15 is 0 Å². The molecule has 2 aromatic rings. The highest BCUT2D eigenvalue weighted by atomic mass is 16.4. The lowest BCUT2D eigenvalue weighted by Gasteiger charge is -2.09. The molecule has 106 valence electrons. The average molecular weight is 275 g/mol. The number of carbonyl (C=O) groups is 2. The zero-order valence-electron chi connectivity index (χ0n) is 11.7. The van der Waals surface area contributed by atoms with Gasteiger partial charge in [-0.15, -0.1) is 0 Å². The van der Waals surface area contributed by atoms with Crippen LogP contribution in [0.15, 0.2) is 22.6 Å². The predicted octanol–water partition coefficient (Wildman–Crippen LogP) is 2.64. The number of furan rings is 1. The van der Waals surface area contributed by atoms with E-state index in [4.69, 9.17) is 9.52 Å². The van der Waals surface area contributed by atoms with Gasteiger partial charge < -0.3 is 14.8 Å². The fraction of sp³-hybridized carbons (Fsp3) is 0.333. The molecule has 1 amide bonds. The molecule has 1 aromatic heterocycles. The van der Waals surface area contributed by atoms with Crippen molar-refractivity contribution in [3.8, 4) is 0 Å². The highest BCUT2D eigenvalue weighted by Gasteiger charge is 2.16. The van der Waals surface area contributed by atoms with Gasteiger partial charge in [-0.25, -0.2) is 0 Å². The molecule has 0 aliphatic carbocycles. The molecule has 1 unspecified atom stereocenters. The largest absolute Gasteiger partial charge is 0.481 e. The van der Waals surface area contributed by atoms with E-state index in [1.807, 2.05) is 26.0 Å². The second kappa shape index (κ2) is 5.36. The molecule has 20 heavy (non-hydrogen) atoms. The standard InChI is InChI=1S/C15H17NO4/c1-8-4-11-7-13(20-12(11)5-9(8)2)15(19)16-10(3)6-14(17)18/h4-5,7,10H,6H2,1-3H3,(H,16,19)(H,17,18). The molecule has 0 fully saturated rings. The van der Waals surface area contributed by atoms with E-state index in [9.17, 15) is 9.59 Å². The van der Waals surface area contributed by atoms with Crippen molar-refractivity contribution in [3.05, 3.63) is 35.1 Å². The quantitative estimate of drug-likeness (QED) is 0.899. The normalized spacial score (nSPS) is 12.3. The first-order valence-electron chi connectivity index (χ1n) is 6.40. The monoisotopic (exact) mass is 275 g/mol. The summed E-state index contributed by atoms with van der Waals surface area (Å²) in [5, 5.41) is 12.1. The van der Waals surface area contributed by atoms with Crippen molar-refractivity contribution in [1.82, 2.24) is 5.32 Å². The third-order valence-corrected chi connectivity index (χ3v) is 3.21. The van der Waals surface area contributed by atoms with E-state index in [0.29, 0.717) is 5.58 Å². The molecule has 0 spiro atoms. The van der Waals surface area contributed by atoms with Gasteiger partial charge in [0, 0.05) is 11.4 Å². The molecular weight excluding hydrogens is 258 g/mol. The van der Waals surface area contributed by atoms with Crippen LogP contribution in [-0.2, 0) is 4.79 Å². The molecule has 2 rings (SSSR count). The third kappa shape index (κ3) is 2.99. The number of carbonyl (C=O) groups excluding carboxylic acids is 1. The van der Waals surface area contributed by atoms with Crippen molar-refractivity contribution in [1.29, 1.82) is 0 Å². The van der Waals surface area contributed by atoms with Crippen molar-refractivity contribution >= 4 is 22.8 Å². The number of hydrogen-bond donors (Lipinski definition) is 2. The van der Waals surface area contributed by atoms with Gasteiger partial charge in [-0.1, -0.05) is 0 Å². The van der Waals surface area contributed by atoms with Gasteiger partial charge in [0.1, 0.15) is 5.58 Å². The molecule has 2 N–H and O–H groups in total. The summed E-state index contributed by atoms with van der Waals surface area (Å²) in [4.78, 5) is 22.5. The van der Waals surface area contributed by atoms with Crippen LogP contribution in [0.1, 0.15) is 35.0 Å². The Labute approximate surface area is 116 Å². The Morgan fingerprint density at radius 1 is 1.25 bits per heavy atom. The van der Waals surface area contributed by atoms with E-state index in [1.54, 1.807) is 13.0 Å². The lowest BCUT2D eigenvalue weighted by Crippen LogP contribution is -2.33. The number of aryl methyl sites for hydroxylation is 2. The van der Waals surface area contributed by atoms with Gasteiger partial charge >= 0.3 is 5.97 Å². The fourth-order valence-electron chi connectivity index (χ4n) is 2.02. The molecule has 0 saturated heterocycles. The number of carboxylic acids is 1. The summed E-state index contributed by atoms with van der Waals surface area (Å²) >= 11 is 0. The van der Waals surface area contributed by atoms with Crippen LogP contribution >= 0.6 is 0 Å². The van der Waals surface area contributed by atoms with Crippen LogP contribution in [0.5, 0.6) is 0 Å².